The summed E-state index contributed by atoms with van der Waals surface area (Å²) in [6.07, 6.45) is 1.90. The van der Waals surface area contributed by atoms with Gasteiger partial charge in [-0.25, -0.2) is 15.8 Å². The minimum atomic E-state index is 0.706. The van der Waals surface area contributed by atoms with Crippen molar-refractivity contribution in [1.29, 1.82) is 0 Å². The highest BCUT2D eigenvalue weighted by molar-refractivity contribution is 5.89. The maximum absolute atomic E-state index is 5.49. The van der Waals surface area contributed by atoms with Gasteiger partial charge in [0.1, 0.15) is 5.82 Å². The molecule has 0 saturated heterocycles. The van der Waals surface area contributed by atoms with Crippen molar-refractivity contribution in [3.8, 4) is 0 Å². The molecule has 1 heterocycles. The molecule has 1 aromatic heterocycles. The van der Waals surface area contributed by atoms with Crippen molar-refractivity contribution < 1.29 is 0 Å². The Morgan fingerprint density at radius 1 is 1.31 bits per heavy atom. The largest absolute Gasteiger partial charge is 0.308 e. The van der Waals surface area contributed by atoms with E-state index in [0.29, 0.717) is 5.82 Å². The predicted molar refractivity (Wildman–Crippen MR) is 66.1 cm³/mol. The average Bonchev–Trinajstić information content (AvgIpc) is 2.29. The number of hydrogen-bond donors (Lipinski definition) is 2. The lowest BCUT2D eigenvalue weighted by Crippen LogP contribution is -2.11. The fraction of sp³-hybridized carbons (Fsp3) is 0.333. The number of rotatable bonds is 3. The van der Waals surface area contributed by atoms with E-state index in [1.165, 1.54) is 5.56 Å². The zero-order chi connectivity index (χ0) is 11.5. The van der Waals surface area contributed by atoms with E-state index in [1.54, 1.807) is 0 Å². The third-order valence-corrected chi connectivity index (χ3v) is 2.51. The number of nitrogens with zero attached hydrogens (tertiary/aromatic N) is 2. The Hall–Kier alpha value is -1.68. The molecular formula is C12H16N4. The van der Waals surface area contributed by atoms with E-state index in [2.05, 4.69) is 22.3 Å². The van der Waals surface area contributed by atoms with Gasteiger partial charge in [0.25, 0.3) is 0 Å². The molecule has 1 aromatic carbocycles. The number of fused-ring (bicyclic) bond motifs is 1. The van der Waals surface area contributed by atoms with E-state index >= 15 is 0 Å². The Labute approximate surface area is 94.9 Å². The lowest BCUT2D eigenvalue weighted by atomic mass is 10.1. The molecule has 0 saturated carbocycles. The van der Waals surface area contributed by atoms with E-state index in [1.807, 2.05) is 25.1 Å². The molecule has 0 radical (unpaired) electrons. The Morgan fingerprint density at radius 3 is 2.81 bits per heavy atom. The van der Waals surface area contributed by atoms with Crippen LogP contribution < -0.4 is 11.3 Å². The number of hydrazine groups is 1. The highest BCUT2D eigenvalue weighted by Crippen LogP contribution is 2.21. The molecule has 0 spiro atoms. The highest BCUT2D eigenvalue weighted by atomic mass is 15.3. The second-order valence-electron chi connectivity index (χ2n) is 3.90. The lowest BCUT2D eigenvalue weighted by Gasteiger charge is -2.07. The van der Waals surface area contributed by atoms with Crippen molar-refractivity contribution in [3.05, 3.63) is 29.6 Å². The molecule has 2 aromatic rings. The zero-order valence-corrected chi connectivity index (χ0v) is 9.62. The predicted octanol–water partition coefficient (Wildman–Crippen LogP) is 2.18. The summed E-state index contributed by atoms with van der Waals surface area (Å²) >= 11 is 0. The van der Waals surface area contributed by atoms with Gasteiger partial charge in [0.15, 0.2) is 5.82 Å². The fourth-order valence-electron chi connectivity index (χ4n) is 1.74. The Bertz CT molecular complexity index is 508. The standard InChI is InChI=1S/C12H16N4/c1-3-4-11-14-10-6-5-8(2)7-9(10)12(15-11)16-13/h5-7H,3-4,13H2,1-2H3,(H,14,15,16). The number of aromatic nitrogens is 2. The number of benzene rings is 1. The summed E-state index contributed by atoms with van der Waals surface area (Å²) in [4.78, 5) is 8.91. The van der Waals surface area contributed by atoms with Crippen LogP contribution >= 0.6 is 0 Å². The molecular weight excluding hydrogens is 200 g/mol. The number of nitrogens with one attached hydrogen (secondary N) is 1. The van der Waals surface area contributed by atoms with E-state index in [0.717, 1.165) is 29.6 Å². The molecule has 0 amide bonds. The van der Waals surface area contributed by atoms with Gasteiger partial charge in [0, 0.05) is 11.8 Å². The van der Waals surface area contributed by atoms with Crippen molar-refractivity contribution >= 4 is 16.7 Å². The van der Waals surface area contributed by atoms with Gasteiger partial charge >= 0.3 is 0 Å². The van der Waals surface area contributed by atoms with Crippen LogP contribution in [-0.4, -0.2) is 9.97 Å². The van der Waals surface area contributed by atoms with Crippen LogP contribution in [0.5, 0.6) is 0 Å². The number of nitrogens with two attached hydrogens (primary N) is 1. The summed E-state index contributed by atoms with van der Waals surface area (Å²) < 4.78 is 0. The Balaban J connectivity index is 2.63. The molecule has 2 rings (SSSR count). The van der Waals surface area contributed by atoms with Gasteiger partial charge in [-0.15, -0.1) is 0 Å². The highest BCUT2D eigenvalue weighted by Gasteiger charge is 2.06. The third-order valence-electron chi connectivity index (χ3n) is 2.51. The van der Waals surface area contributed by atoms with Crippen LogP contribution in [0.2, 0.25) is 0 Å². The van der Waals surface area contributed by atoms with E-state index < -0.39 is 0 Å². The third kappa shape index (κ3) is 1.97. The summed E-state index contributed by atoms with van der Waals surface area (Å²) in [6, 6.07) is 6.10. The molecule has 0 fully saturated rings. The number of aryl methyl sites for hydroxylation is 2. The van der Waals surface area contributed by atoms with E-state index in [4.69, 9.17) is 5.84 Å². The first-order chi connectivity index (χ1) is 7.74. The smallest absolute Gasteiger partial charge is 0.151 e. The van der Waals surface area contributed by atoms with E-state index in [9.17, 15) is 0 Å². The molecule has 0 aliphatic carbocycles. The second-order valence-corrected chi connectivity index (χ2v) is 3.90. The Morgan fingerprint density at radius 2 is 2.12 bits per heavy atom. The van der Waals surface area contributed by atoms with Crippen LogP contribution in [0.1, 0.15) is 24.7 Å². The van der Waals surface area contributed by atoms with Gasteiger partial charge in [0.05, 0.1) is 5.52 Å². The van der Waals surface area contributed by atoms with Gasteiger partial charge in [-0.2, -0.15) is 0 Å². The van der Waals surface area contributed by atoms with Crippen LogP contribution in [0.15, 0.2) is 18.2 Å². The molecule has 0 aliphatic rings. The maximum atomic E-state index is 5.49. The quantitative estimate of drug-likeness (QED) is 0.609. The second kappa shape index (κ2) is 4.45. The van der Waals surface area contributed by atoms with Crippen molar-refractivity contribution in [2.45, 2.75) is 26.7 Å². The number of nitrogen functional groups attached to an aromatic ring is 1. The van der Waals surface area contributed by atoms with Crippen LogP contribution in [0.4, 0.5) is 5.82 Å². The summed E-state index contributed by atoms with van der Waals surface area (Å²) in [5, 5.41) is 0.974. The summed E-state index contributed by atoms with van der Waals surface area (Å²) in [6.45, 7) is 4.15. The van der Waals surface area contributed by atoms with Crippen molar-refractivity contribution in [2.24, 2.45) is 5.84 Å². The first-order valence-corrected chi connectivity index (χ1v) is 5.48. The molecule has 0 unspecified atom stereocenters. The monoisotopic (exact) mass is 216 g/mol. The summed E-state index contributed by atoms with van der Waals surface area (Å²) in [5.41, 5.74) is 4.76. The zero-order valence-electron chi connectivity index (χ0n) is 9.62. The molecule has 4 nitrogen and oxygen atoms in total. The lowest BCUT2D eigenvalue weighted by molar-refractivity contribution is 0.844. The number of anilines is 1. The molecule has 4 heteroatoms. The molecule has 0 bridgehead atoms. The van der Waals surface area contributed by atoms with Crippen LogP contribution in [-0.2, 0) is 6.42 Å². The van der Waals surface area contributed by atoms with Crippen molar-refractivity contribution in [1.82, 2.24) is 9.97 Å². The molecule has 0 aliphatic heterocycles. The fourth-order valence-corrected chi connectivity index (χ4v) is 1.74. The molecule has 3 N–H and O–H groups in total. The van der Waals surface area contributed by atoms with Crippen molar-refractivity contribution in [2.75, 3.05) is 5.43 Å². The van der Waals surface area contributed by atoms with Crippen molar-refractivity contribution in [3.63, 3.8) is 0 Å². The Kier molecular flexibility index (Phi) is 3.01. The first kappa shape index (κ1) is 10.8. The normalized spacial score (nSPS) is 10.7. The van der Waals surface area contributed by atoms with Crippen LogP contribution in [0, 0.1) is 6.92 Å². The van der Waals surface area contributed by atoms with Crippen LogP contribution in [0.25, 0.3) is 10.9 Å². The van der Waals surface area contributed by atoms with Gasteiger partial charge in [-0.3, -0.25) is 0 Å². The number of hydrogen-bond acceptors (Lipinski definition) is 4. The topological polar surface area (TPSA) is 63.8 Å². The first-order valence-electron chi connectivity index (χ1n) is 5.48. The van der Waals surface area contributed by atoms with E-state index in [-0.39, 0.29) is 0 Å². The molecule has 84 valence electrons. The van der Waals surface area contributed by atoms with Gasteiger partial charge in [-0.05, 0) is 25.5 Å². The molecule has 16 heavy (non-hydrogen) atoms. The van der Waals surface area contributed by atoms with Crippen LogP contribution in [0.3, 0.4) is 0 Å². The minimum Gasteiger partial charge on any atom is -0.308 e. The molecule has 0 atom stereocenters. The minimum absolute atomic E-state index is 0.706. The van der Waals surface area contributed by atoms with Gasteiger partial charge in [0.2, 0.25) is 0 Å². The maximum Gasteiger partial charge on any atom is 0.151 e. The van der Waals surface area contributed by atoms with Gasteiger partial charge < -0.3 is 5.43 Å². The summed E-state index contributed by atoms with van der Waals surface area (Å²) in [5.74, 6) is 7.04. The average molecular weight is 216 g/mol. The SMILES string of the molecule is CCCc1nc(NN)c2cc(C)ccc2n1. The van der Waals surface area contributed by atoms with Gasteiger partial charge in [-0.1, -0.05) is 18.6 Å². The summed E-state index contributed by atoms with van der Waals surface area (Å²) in [7, 11) is 0.